The second kappa shape index (κ2) is 12.1. The first-order valence-corrected chi connectivity index (χ1v) is 10.3. The Morgan fingerprint density at radius 3 is 2.36 bits per heavy atom. The highest BCUT2D eigenvalue weighted by Crippen LogP contribution is 2.13. The second-order valence-electron chi connectivity index (χ2n) is 6.89. The van der Waals surface area contributed by atoms with Gasteiger partial charge in [0.05, 0.1) is 6.61 Å². The van der Waals surface area contributed by atoms with E-state index in [0.717, 1.165) is 17.7 Å². The third-order valence-corrected chi connectivity index (χ3v) is 4.88. The van der Waals surface area contributed by atoms with Crippen molar-refractivity contribution in [2.24, 2.45) is 0 Å². The number of hydrogen-bond donors (Lipinski definition) is 1. The highest BCUT2D eigenvalue weighted by Gasteiger charge is 2.11. The van der Waals surface area contributed by atoms with E-state index in [-0.39, 0.29) is 5.91 Å². The molecule has 2 aromatic rings. The zero-order valence-corrected chi connectivity index (χ0v) is 17.6. The molecule has 2 aromatic carbocycles. The van der Waals surface area contributed by atoms with Gasteiger partial charge in [0.25, 0.3) is 5.91 Å². The van der Waals surface area contributed by atoms with Crippen molar-refractivity contribution in [3.8, 4) is 5.75 Å². The van der Waals surface area contributed by atoms with Gasteiger partial charge in [0.2, 0.25) is 0 Å². The van der Waals surface area contributed by atoms with Gasteiger partial charge in [-0.2, -0.15) is 0 Å². The molecular weight excluding hydrogens is 368 g/mol. The van der Waals surface area contributed by atoms with Crippen LogP contribution in [0, 0.1) is 0 Å². The van der Waals surface area contributed by atoms with Gasteiger partial charge >= 0.3 is 0 Å². The number of unbranched alkanes of at least 4 members (excludes halogenated alkanes) is 4. The Hall–Kier alpha value is -2.40. The van der Waals surface area contributed by atoms with Gasteiger partial charge in [-0.15, -0.1) is 0 Å². The maximum Gasteiger partial charge on any atom is 0.257 e. The summed E-state index contributed by atoms with van der Waals surface area (Å²) in [6, 6.07) is 17.2. The Labute approximate surface area is 173 Å². The summed E-state index contributed by atoms with van der Waals surface area (Å²) in [4.78, 5) is 14.3. The fourth-order valence-electron chi connectivity index (χ4n) is 2.79. The molecule has 0 aliphatic rings. The number of hydrogen-bond acceptors (Lipinski definition) is 3. The van der Waals surface area contributed by atoms with Crippen molar-refractivity contribution in [2.75, 3.05) is 13.7 Å². The molecule has 0 aliphatic carbocycles. The first kappa shape index (κ1) is 21.9. The van der Waals surface area contributed by atoms with Crippen LogP contribution in [0.2, 0.25) is 0 Å². The molecule has 1 amide bonds. The Kier molecular flexibility index (Phi) is 9.49. The van der Waals surface area contributed by atoms with Crippen LogP contribution in [0.15, 0.2) is 54.6 Å². The summed E-state index contributed by atoms with van der Waals surface area (Å²) in [5.41, 5.74) is 1.70. The number of nitrogens with zero attached hydrogens (tertiary/aromatic N) is 1. The van der Waals surface area contributed by atoms with E-state index in [1.165, 1.54) is 25.7 Å². The van der Waals surface area contributed by atoms with Crippen LogP contribution < -0.4 is 10.1 Å². The van der Waals surface area contributed by atoms with Crippen molar-refractivity contribution < 1.29 is 9.53 Å². The smallest absolute Gasteiger partial charge is 0.257 e. The van der Waals surface area contributed by atoms with E-state index in [2.05, 4.69) is 12.2 Å². The van der Waals surface area contributed by atoms with E-state index in [4.69, 9.17) is 17.0 Å². The minimum atomic E-state index is -0.212. The molecule has 0 radical (unpaired) electrons. The van der Waals surface area contributed by atoms with E-state index < -0.39 is 0 Å². The lowest BCUT2D eigenvalue weighted by Gasteiger charge is -2.20. The van der Waals surface area contributed by atoms with E-state index in [0.29, 0.717) is 23.8 Å². The first-order chi connectivity index (χ1) is 13.6. The summed E-state index contributed by atoms with van der Waals surface area (Å²) in [5, 5.41) is 3.19. The lowest BCUT2D eigenvalue weighted by molar-refractivity contribution is 0.0973. The molecule has 0 bridgehead atoms. The lowest BCUT2D eigenvalue weighted by atomic mass is 10.2. The molecule has 2 rings (SSSR count). The average Bonchev–Trinajstić information content (AvgIpc) is 2.71. The van der Waals surface area contributed by atoms with E-state index in [1.54, 1.807) is 12.1 Å². The zero-order chi connectivity index (χ0) is 20.2. The third-order valence-electron chi connectivity index (χ3n) is 4.46. The maximum atomic E-state index is 12.4. The molecular formula is C23H30N2O2S. The largest absolute Gasteiger partial charge is 0.494 e. The lowest BCUT2D eigenvalue weighted by Crippen LogP contribution is -2.40. The van der Waals surface area contributed by atoms with E-state index >= 15 is 0 Å². The predicted molar refractivity (Wildman–Crippen MR) is 119 cm³/mol. The molecule has 0 aliphatic heterocycles. The predicted octanol–water partition coefficient (Wildman–Crippen LogP) is 5.18. The van der Waals surface area contributed by atoms with Crippen molar-refractivity contribution in [3.63, 3.8) is 0 Å². The second-order valence-corrected chi connectivity index (χ2v) is 7.27. The third kappa shape index (κ3) is 7.69. The molecule has 0 fully saturated rings. The number of carbonyl (C=O) groups is 1. The van der Waals surface area contributed by atoms with Gasteiger partial charge in [-0.3, -0.25) is 10.1 Å². The molecule has 0 saturated heterocycles. The van der Waals surface area contributed by atoms with Gasteiger partial charge in [-0.05, 0) is 48.5 Å². The maximum absolute atomic E-state index is 12.4. The molecule has 28 heavy (non-hydrogen) atoms. The normalized spacial score (nSPS) is 10.4. The van der Waals surface area contributed by atoms with Crippen LogP contribution in [0.5, 0.6) is 5.75 Å². The Balaban J connectivity index is 1.76. The van der Waals surface area contributed by atoms with Crippen molar-refractivity contribution >= 4 is 23.2 Å². The van der Waals surface area contributed by atoms with Gasteiger partial charge in [0.15, 0.2) is 5.11 Å². The summed E-state index contributed by atoms with van der Waals surface area (Å²) >= 11 is 5.35. The quantitative estimate of drug-likeness (QED) is 0.442. The number of thiocarbonyl (C=S) groups is 1. The monoisotopic (exact) mass is 398 g/mol. The molecule has 150 valence electrons. The number of amides is 1. The van der Waals surface area contributed by atoms with Crippen LogP contribution in [0.3, 0.4) is 0 Å². The van der Waals surface area contributed by atoms with Crippen LogP contribution in [0.4, 0.5) is 0 Å². The SMILES string of the molecule is CCCCCCCOc1ccc(C(=O)NC(=S)N(C)Cc2ccccc2)cc1. The summed E-state index contributed by atoms with van der Waals surface area (Å²) < 4.78 is 5.74. The number of nitrogens with one attached hydrogen (secondary N) is 1. The molecule has 0 aromatic heterocycles. The molecule has 1 N–H and O–H groups in total. The number of benzene rings is 2. The summed E-state index contributed by atoms with van der Waals surface area (Å²) in [6.45, 7) is 3.57. The molecule has 0 unspecified atom stereocenters. The van der Waals surface area contributed by atoms with Crippen molar-refractivity contribution in [1.29, 1.82) is 0 Å². The Bertz CT molecular complexity index is 732. The topological polar surface area (TPSA) is 41.6 Å². The number of carbonyl (C=O) groups excluding carboxylic acids is 1. The van der Waals surface area contributed by atoms with Gasteiger partial charge in [0, 0.05) is 19.2 Å². The first-order valence-electron chi connectivity index (χ1n) is 9.93. The van der Waals surface area contributed by atoms with Gasteiger partial charge in [-0.1, -0.05) is 62.9 Å². The standard InChI is InChI=1S/C23H30N2O2S/c1-3-4-5-6-10-17-27-21-15-13-20(14-16-21)22(26)24-23(28)25(2)18-19-11-8-7-9-12-19/h7-9,11-16H,3-6,10,17-18H2,1-2H3,(H,24,26,28). The van der Waals surface area contributed by atoms with Crippen molar-refractivity contribution in [1.82, 2.24) is 10.2 Å². The molecule has 0 atom stereocenters. The van der Waals surface area contributed by atoms with Crippen LogP contribution in [0.25, 0.3) is 0 Å². The highest BCUT2D eigenvalue weighted by atomic mass is 32.1. The average molecular weight is 399 g/mol. The number of rotatable bonds is 10. The summed E-state index contributed by atoms with van der Waals surface area (Å²) in [6.07, 6.45) is 6.05. The van der Waals surface area contributed by atoms with Gasteiger partial charge in [0.1, 0.15) is 5.75 Å². The van der Waals surface area contributed by atoms with E-state index in [9.17, 15) is 4.79 Å². The minimum Gasteiger partial charge on any atom is -0.494 e. The summed E-state index contributed by atoms with van der Waals surface area (Å²) in [7, 11) is 1.87. The van der Waals surface area contributed by atoms with Crippen LogP contribution >= 0.6 is 12.2 Å². The minimum absolute atomic E-state index is 0.212. The highest BCUT2D eigenvalue weighted by molar-refractivity contribution is 7.80. The molecule has 0 spiro atoms. The summed E-state index contributed by atoms with van der Waals surface area (Å²) in [5.74, 6) is 0.576. The molecule has 5 heteroatoms. The fraction of sp³-hybridized carbons (Fsp3) is 0.391. The molecule has 4 nitrogen and oxygen atoms in total. The van der Waals surface area contributed by atoms with Crippen molar-refractivity contribution in [2.45, 2.75) is 45.6 Å². The number of ether oxygens (including phenoxy) is 1. The van der Waals surface area contributed by atoms with E-state index in [1.807, 2.05) is 54.4 Å². The zero-order valence-electron chi connectivity index (χ0n) is 16.8. The fourth-order valence-corrected chi connectivity index (χ4v) is 2.95. The molecule has 0 heterocycles. The van der Waals surface area contributed by atoms with Crippen LogP contribution in [-0.4, -0.2) is 29.6 Å². The van der Waals surface area contributed by atoms with Gasteiger partial charge in [-0.25, -0.2) is 0 Å². The Morgan fingerprint density at radius 2 is 1.68 bits per heavy atom. The van der Waals surface area contributed by atoms with Crippen LogP contribution in [0.1, 0.15) is 54.9 Å². The molecule has 0 saturated carbocycles. The van der Waals surface area contributed by atoms with Crippen molar-refractivity contribution in [3.05, 3.63) is 65.7 Å². The van der Waals surface area contributed by atoms with Gasteiger partial charge < -0.3 is 9.64 Å². The van der Waals surface area contributed by atoms with Crippen LogP contribution in [-0.2, 0) is 6.54 Å². The Morgan fingerprint density at radius 1 is 1.00 bits per heavy atom.